The van der Waals surface area contributed by atoms with Crippen LogP contribution in [0.4, 0.5) is 11.5 Å². The van der Waals surface area contributed by atoms with E-state index in [1.165, 1.54) is 23.0 Å². The highest BCUT2D eigenvalue weighted by Crippen LogP contribution is 2.25. The summed E-state index contributed by atoms with van der Waals surface area (Å²) in [5, 5.41) is 3.89. The zero-order valence-electron chi connectivity index (χ0n) is 17.2. The van der Waals surface area contributed by atoms with Gasteiger partial charge in [-0.15, -0.1) is 0 Å². The first-order valence-electron chi connectivity index (χ1n) is 9.98. The second-order valence-electron chi connectivity index (χ2n) is 7.26. The summed E-state index contributed by atoms with van der Waals surface area (Å²) in [7, 11) is 0. The molecule has 1 saturated heterocycles. The molecule has 1 aliphatic heterocycles. The minimum atomic E-state index is -0.0127. The zero-order valence-corrected chi connectivity index (χ0v) is 18.8. The average Bonchev–Trinajstić information content (AvgIpc) is 2.72. The van der Waals surface area contributed by atoms with E-state index >= 15 is 0 Å². The molecule has 1 amide bonds. The minimum Gasteiger partial charge on any atom is -0.368 e. The van der Waals surface area contributed by atoms with Crippen LogP contribution in [0.15, 0.2) is 35.5 Å². The first kappa shape index (κ1) is 21.7. The smallest absolute Gasteiger partial charge is 0.230 e. The first-order chi connectivity index (χ1) is 14.0. The number of thioether (sulfide) groups is 1. The highest BCUT2D eigenvalue weighted by Gasteiger charge is 2.20. The molecule has 3 rings (SSSR count). The van der Waals surface area contributed by atoms with Crippen LogP contribution in [0.25, 0.3) is 0 Å². The van der Waals surface area contributed by atoms with Crippen LogP contribution in [-0.4, -0.2) is 53.8 Å². The van der Waals surface area contributed by atoms with Gasteiger partial charge in [0.05, 0.1) is 5.75 Å². The number of carbonyl (C=O) groups is 1. The van der Waals surface area contributed by atoms with E-state index < -0.39 is 0 Å². The lowest BCUT2D eigenvalue weighted by Crippen LogP contribution is -2.47. The van der Waals surface area contributed by atoms with E-state index in [-0.39, 0.29) is 17.7 Å². The van der Waals surface area contributed by atoms with Crippen LogP contribution in [-0.2, 0) is 4.79 Å². The number of halogens is 1. The van der Waals surface area contributed by atoms with Crippen molar-refractivity contribution in [1.29, 1.82) is 0 Å². The third-order valence-electron chi connectivity index (χ3n) is 5.07. The molecule has 1 aromatic carbocycles. The summed E-state index contributed by atoms with van der Waals surface area (Å²) in [4.78, 5) is 25.6. The monoisotopic (exact) mass is 433 g/mol. The third kappa shape index (κ3) is 6.00. The maximum atomic E-state index is 12.0. The Morgan fingerprint density at radius 1 is 1.21 bits per heavy atom. The van der Waals surface area contributed by atoms with E-state index in [9.17, 15) is 4.79 Å². The fraction of sp³-hybridized carbons (Fsp3) is 0.476. The molecule has 1 aromatic heterocycles. The molecule has 2 heterocycles. The van der Waals surface area contributed by atoms with Crippen LogP contribution in [0.1, 0.15) is 25.8 Å². The highest BCUT2D eigenvalue weighted by molar-refractivity contribution is 7.99. The number of carbonyl (C=O) groups excluding carboxylic acids is 1. The molecule has 8 heteroatoms. The summed E-state index contributed by atoms with van der Waals surface area (Å²) in [6.45, 7) is 9.75. The van der Waals surface area contributed by atoms with Crippen LogP contribution < -0.4 is 15.1 Å². The number of benzene rings is 1. The number of amides is 1. The molecule has 1 atom stereocenters. The van der Waals surface area contributed by atoms with Crippen molar-refractivity contribution in [1.82, 2.24) is 15.3 Å². The molecule has 29 heavy (non-hydrogen) atoms. The van der Waals surface area contributed by atoms with E-state index in [0.717, 1.165) is 38.4 Å². The number of aromatic nitrogens is 2. The van der Waals surface area contributed by atoms with Gasteiger partial charge < -0.3 is 15.1 Å². The summed E-state index contributed by atoms with van der Waals surface area (Å²) in [5.41, 5.74) is 2.58. The number of piperazine rings is 1. The third-order valence-corrected chi connectivity index (χ3v) is 6.11. The van der Waals surface area contributed by atoms with Gasteiger partial charge in [-0.25, -0.2) is 9.97 Å². The van der Waals surface area contributed by atoms with Gasteiger partial charge in [-0.3, -0.25) is 4.79 Å². The maximum absolute atomic E-state index is 12.0. The lowest BCUT2D eigenvalue weighted by Gasteiger charge is -2.37. The van der Waals surface area contributed by atoms with Gasteiger partial charge in [0.15, 0.2) is 5.16 Å². The summed E-state index contributed by atoms with van der Waals surface area (Å²) in [6.07, 6.45) is 0.905. The van der Waals surface area contributed by atoms with Crippen molar-refractivity contribution in [2.75, 3.05) is 41.7 Å². The molecule has 1 fully saturated rings. The molecule has 2 aromatic rings. The molecule has 6 nitrogen and oxygen atoms in total. The van der Waals surface area contributed by atoms with Gasteiger partial charge >= 0.3 is 0 Å². The van der Waals surface area contributed by atoms with Crippen LogP contribution in [0, 0.1) is 6.92 Å². The van der Waals surface area contributed by atoms with Crippen LogP contribution in [0.5, 0.6) is 0 Å². The number of nitrogens with one attached hydrogen (secondary N) is 1. The van der Waals surface area contributed by atoms with Gasteiger partial charge in [0.25, 0.3) is 0 Å². The van der Waals surface area contributed by atoms with Gasteiger partial charge in [-0.1, -0.05) is 48.5 Å². The predicted molar refractivity (Wildman–Crippen MR) is 121 cm³/mol. The van der Waals surface area contributed by atoms with Crippen molar-refractivity contribution in [3.05, 3.63) is 41.0 Å². The van der Waals surface area contributed by atoms with E-state index in [1.54, 1.807) is 6.07 Å². The second-order valence-corrected chi connectivity index (χ2v) is 8.59. The molecule has 156 valence electrons. The fourth-order valence-corrected chi connectivity index (χ4v) is 4.15. The number of aryl methyl sites for hydroxylation is 1. The van der Waals surface area contributed by atoms with E-state index in [1.807, 2.05) is 13.8 Å². The van der Waals surface area contributed by atoms with Gasteiger partial charge in [-0.2, -0.15) is 0 Å². The number of rotatable bonds is 7. The summed E-state index contributed by atoms with van der Waals surface area (Å²) in [6, 6.07) is 10.4. The quantitative estimate of drug-likeness (QED) is 0.407. The van der Waals surface area contributed by atoms with E-state index in [0.29, 0.717) is 10.3 Å². The Hall–Kier alpha value is -1.99. The fourth-order valence-electron chi connectivity index (χ4n) is 3.26. The Labute approximate surface area is 182 Å². The number of hydrogen-bond acceptors (Lipinski definition) is 6. The number of anilines is 2. The van der Waals surface area contributed by atoms with Crippen molar-refractivity contribution in [2.24, 2.45) is 0 Å². The van der Waals surface area contributed by atoms with Gasteiger partial charge in [-0.05, 0) is 31.9 Å². The van der Waals surface area contributed by atoms with Crippen LogP contribution in [0.2, 0.25) is 5.15 Å². The predicted octanol–water partition coefficient (Wildman–Crippen LogP) is 3.77. The molecule has 0 bridgehead atoms. The zero-order chi connectivity index (χ0) is 20.8. The largest absolute Gasteiger partial charge is 0.368 e. The van der Waals surface area contributed by atoms with Crippen molar-refractivity contribution >= 4 is 40.8 Å². The number of para-hydroxylation sites is 1. The average molecular weight is 434 g/mol. The SMILES string of the molecule is CCC(C)NC(=O)CSc1nc(Cl)cc(N2CCN(c3ccccc3C)CC2)n1. The Balaban J connectivity index is 1.60. The Morgan fingerprint density at radius 3 is 2.59 bits per heavy atom. The molecule has 0 spiro atoms. The molecule has 1 N–H and O–H groups in total. The Bertz CT molecular complexity index is 842. The molecule has 1 unspecified atom stereocenters. The van der Waals surface area contributed by atoms with Crippen LogP contribution in [0.3, 0.4) is 0 Å². The van der Waals surface area contributed by atoms with Crippen molar-refractivity contribution < 1.29 is 4.79 Å². The van der Waals surface area contributed by atoms with Crippen molar-refractivity contribution in [3.63, 3.8) is 0 Å². The first-order valence-corrected chi connectivity index (χ1v) is 11.3. The molecule has 1 aliphatic rings. The number of nitrogens with zero attached hydrogens (tertiary/aromatic N) is 4. The summed E-state index contributed by atoms with van der Waals surface area (Å²) < 4.78 is 0. The molecule has 0 radical (unpaired) electrons. The van der Waals surface area contributed by atoms with Gasteiger partial charge in [0, 0.05) is 44.0 Å². The number of hydrogen-bond donors (Lipinski definition) is 1. The topological polar surface area (TPSA) is 61.4 Å². The Morgan fingerprint density at radius 2 is 1.90 bits per heavy atom. The lowest BCUT2D eigenvalue weighted by molar-refractivity contribution is -0.119. The van der Waals surface area contributed by atoms with Gasteiger partial charge in [0.1, 0.15) is 11.0 Å². The second kappa shape index (κ2) is 10.2. The summed E-state index contributed by atoms with van der Waals surface area (Å²) in [5.74, 6) is 1.09. The van der Waals surface area contributed by atoms with Crippen molar-refractivity contribution in [2.45, 2.75) is 38.4 Å². The summed E-state index contributed by atoms with van der Waals surface area (Å²) >= 11 is 7.55. The van der Waals surface area contributed by atoms with E-state index in [4.69, 9.17) is 11.6 Å². The normalized spacial score (nSPS) is 15.3. The van der Waals surface area contributed by atoms with Crippen molar-refractivity contribution in [3.8, 4) is 0 Å². The van der Waals surface area contributed by atoms with Crippen LogP contribution >= 0.6 is 23.4 Å². The minimum absolute atomic E-state index is 0.0127. The lowest BCUT2D eigenvalue weighted by atomic mass is 10.1. The highest BCUT2D eigenvalue weighted by atomic mass is 35.5. The van der Waals surface area contributed by atoms with Gasteiger partial charge in [0.2, 0.25) is 5.91 Å². The molecule has 0 aliphatic carbocycles. The molecular weight excluding hydrogens is 406 g/mol. The standard InChI is InChI=1S/C21H28ClN5OS/c1-4-16(3)23-20(28)14-29-21-24-18(22)13-19(25-21)27-11-9-26(10-12-27)17-8-6-5-7-15(17)2/h5-8,13,16H,4,9-12,14H2,1-3H3,(H,23,28). The Kier molecular flexibility index (Phi) is 7.61. The molecular formula is C21H28ClN5OS. The molecule has 0 saturated carbocycles. The van der Waals surface area contributed by atoms with E-state index in [2.05, 4.69) is 56.3 Å². The maximum Gasteiger partial charge on any atom is 0.230 e.